The van der Waals surface area contributed by atoms with Gasteiger partial charge in [-0.2, -0.15) is 0 Å². The first-order valence-electron chi connectivity index (χ1n) is 8.10. The summed E-state index contributed by atoms with van der Waals surface area (Å²) in [6.07, 6.45) is 2.78. The third kappa shape index (κ3) is 2.71. The lowest BCUT2D eigenvalue weighted by Crippen LogP contribution is -2.76. The Morgan fingerprint density at radius 3 is 2.43 bits per heavy atom. The third-order valence-electron chi connectivity index (χ3n) is 5.77. The second-order valence-corrected chi connectivity index (χ2v) is 7.29. The predicted molar refractivity (Wildman–Crippen MR) is 84.0 cm³/mol. The third-order valence-corrected chi connectivity index (χ3v) is 5.77. The van der Waals surface area contributed by atoms with Gasteiger partial charge in [-0.1, -0.05) is 13.8 Å². The second kappa shape index (κ2) is 5.86. The van der Waals surface area contributed by atoms with Crippen LogP contribution in [0.5, 0.6) is 0 Å². The highest BCUT2D eigenvalue weighted by Gasteiger charge is 2.63. The van der Waals surface area contributed by atoms with E-state index >= 15 is 0 Å². The Bertz CT molecular complexity index is 391. The lowest BCUT2D eigenvalue weighted by molar-refractivity contribution is -0.180. The van der Waals surface area contributed by atoms with Gasteiger partial charge in [-0.3, -0.25) is 4.79 Å². The number of carbonyl (C=O) groups is 1. The van der Waals surface area contributed by atoms with Crippen molar-refractivity contribution in [2.75, 3.05) is 33.8 Å². The van der Waals surface area contributed by atoms with Crippen LogP contribution < -0.4 is 5.73 Å². The molecule has 2 N–H and O–H groups in total. The molecule has 1 aliphatic heterocycles. The van der Waals surface area contributed by atoms with Gasteiger partial charge in [0.1, 0.15) is 5.54 Å². The molecule has 1 saturated carbocycles. The molecule has 2 atom stereocenters. The number of amides is 1. The van der Waals surface area contributed by atoms with Gasteiger partial charge in [-0.15, -0.1) is 0 Å². The number of carbonyl (C=O) groups excluding carboxylic acids is 1. The van der Waals surface area contributed by atoms with Crippen molar-refractivity contribution < 1.29 is 9.53 Å². The maximum Gasteiger partial charge on any atom is 0.243 e. The summed E-state index contributed by atoms with van der Waals surface area (Å²) >= 11 is 0. The van der Waals surface area contributed by atoms with Crippen molar-refractivity contribution in [1.82, 2.24) is 9.80 Å². The molecule has 0 bridgehead atoms. The SMILES string of the molecule is CCOC1CC(N)(C(=O)N(C)C2CCN(C)CC2)C1(C)C. The van der Waals surface area contributed by atoms with E-state index in [1.165, 1.54) is 0 Å². The number of hydrogen-bond donors (Lipinski definition) is 1. The lowest BCUT2D eigenvalue weighted by Gasteiger charge is -2.59. The van der Waals surface area contributed by atoms with Crippen molar-refractivity contribution in [3.8, 4) is 0 Å². The number of hydrogen-bond acceptors (Lipinski definition) is 4. The average molecular weight is 297 g/mol. The van der Waals surface area contributed by atoms with Crippen LogP contribution in [0, 0.1) is 5.41 Å². The largest absolute Gasteiger partial charge is 0.378 e. The fourth-order valence-corrected chi connectivity index (χ4v) is 3.66. The van der Waals surface area contributed by atoms with Gasteiger partial charge in [-0.25, -0.2) is 0 Å². The van der Waals surface area contributed by atoms with E-state index in [9.17, 15) is 4.79 Å². The van der Waals surface area contributed by atoms with Gasteiger partial charge in [0.05, 0.1) is 6.10 Å². The molecule has 0 radical (unpaired) electrons. The summed E-state index contributed by atoms with van der Waals surface area (Å²) in [5, 5.41) is 0. The second-order valence-electron chi connectivity index (χ2n) is 7.29. The summed E-state index contributed by atoms with van der Waals surface area (Å²) in [5.74, 6) is 0.0815. The van der Waals surface area contributed by atoms with Gasteiger partial charge in [-0.05, 0) is 39.9 Å². The Balaban J connectivity index is 2.02. The maximum atomic E-state index is 12.9. The minimum absolute atomic E-state index is 0.0815. The van der Waals surface area contributed by atoms with Crippen molar-refractivity contribution in [2.24, 2.45) is 11.1 Å². The molecule has 1 amide bonds. The summed E-state index contributed by atoms with van der Waals surface area (Å²) in [5.41, 5.74) is 5.41. The van der Waals surface area contributed by atoms with Gasteiger partial charge in [0.25, 0.3) is 0 Å². The molecule has 0 spiro atoms. The van der Waals surface area contributed by atoms with Crippen molar-refractivity contribution in [3.63, 3.8) is 0 Å². The molecule has 2 rings (SSSR count). The topological polar surface area (TPSA) is 58.8 Å². The molecule has 1 aliphatic carbocycles. The monoisotopic (exact) mass is 297 g/mol. The van der Waals surface area contributed by atoms with Gasteiger partial charge in [0, 0.05) is 31.5 Å². The number of ether oxygens (including phenoxy) is 1. The average Bonchev–Trinajstić information content (AvgIpc) is 2.46. The summed E-state index contributed by atoms with van der Waals surface area (Å²) < 4.78 is 5.72. The van der Waals surface area contributed by atoms with Crippen LogP contribution in [0.15, 0.2) is 0 Å². The van der Waals surface area contributed by atoms with E-state index in [1.54, 1.807) is 0 Å². The summed E-state index contributed by atoms with van der Waals surface area (Å²) in [7, 11) is 4.04. The standard InChI is InChI=1S/C16H31N3O2/c1-6-21-13-11-16(17,15(13,2)3)14(20)19(5)12-7-9-18(4)10-8-12/h12-13H,6-11,17H2,1-5H3. The molecule has 122 valence electrons. The van der Waals surface area contributed by atoms with Crippen LogP contribution in [-0.4, -0.2) is 67.2 Å². The molecule has 5 heteroatoms. The van der Waals surface area contributed by atoms with Gasteiger partial charge < -0.3 is 20.3 Å². The van der Waals surface area contributed by atoms with Crippen molar-refractivity contribution >= 4 is 5.91 Å². The molecule has 0 aromatic heterocycles. The summed E-state index contributed by atoms with van der Waals surface area (Å²) in [4.78, 5) is 17.1. The van der Waals surface area contributed by atoms with E-state index in [4.69, 9.17) is 10.5 Å². The smallest absolute Gasteiger partial charge is 0.243 e. The van der Waals surface area contributed by atoms with E-state index in [2.05, 4.69) is 25.8 Å². The van der Waals surface area contributed by atoms with Gasteiger partial charge in [0.15, 0.2) is 0 Å². The minimum Gasteiger partial charge on any atom is -0.378 e. The Labute approximate surface area is 128 Å². The highest BCUT2D eigenvalue weighted by molar-refractivity contribution is 5.89. The van der Waals surface area contributed by atoms with Crippen LogP contribution in [0.4, 0.5) is 0 Å². The zero-order chi connectivity index (χ0) is 15.8. The van der Waals surface area contributed by atoms with Crippen LogP contribution in [0.2, 0.25) is 0 Å². The fraction of sp³-hybridized carbons (Fsp3) is 0.938. The molecule has 0 aromatic carbocycles. The van der Waals surface area contributed by atoms with E-state index in [-0.39, 0.29) is 17.4 Å². The molecular weight excluding hydrogens is 266 g/mol. The zero-order valence-corrected chi connectivity index (χ0v) is 14.2. The molecular formula is C16H31N3O2. The van der Waals surface area contributed by atoms with E-state index < -0.39 is 5.54 Å². The first-order valence-corrected chi connectivity index (χ1v) is 8.10. The summed E-state index contributed by atoms with van der Waals surface area (Å²) in [6.45, 7) is 8.85. The summed E-state index contributed by atoms with van der Waals surface area (Å²) in [6, 6.07) is 0.316. The highest BCUT2D eigenvalue weighted by atomic mass is 16.5. The molecule has 0 aromatic rings. The quantitative estimate of drug-likeness (QED) is 0.843. The number of nitrogens with two attached hydrogens (primary N) is 1. The predicted octanol–water partition coefficient (Wildman–Crippen LogP) is 1.07. The number of rotatable bonds is 4. The van der Waals surface area contributed by atoms with E-state index in [0.717, 1.165) is 25.9 Å². The minimum atomic E-state index is -0.787. The Morgan fingerprint density at radius 2 is 1.95 bits per heavy atom. The fourth-order valence-electron chi connectivity index (χ4n) is 3.66. The van der Waals surface area contributed by atoms with Crippen LogP contribution in [-0.2, 0) is 9.53 Å². The van der Waals surface area contributed by atoms with Gasteiger partial charge >= 0.3 is 0 Å². The normalized spacial score (nSPS) is 33.5. The van der Waals surface area contributed by atoms with Crippen molar-refractivity contribution in [3.05, 3.63) is 0 Å². The first kappa shape index (κ1) is 16.7. The van der Waals surface area contributed by atoms with Crippen molar-refractivity contribution in [1.29, 1.82) is 0 Å². The molecule has 21 heavy (non-hydrogen) atoms. The Morgan fingerprint density at radius 1 is 1.38 bits per heavy atom. The lowest BCUT2D eigenvalue weighted by atomic mass is 9.54. The first-order chi connectivity index (χ1) is 9.74. The zero-order valence-electron chi connectivity index (χ0n) is 14.2. The molecule has 2 aliphatic rings. The Kier molecular flexibility index (Phi) is 4.66. The van der Waals surface area contributed by atoms with Crippen LogP contribution in [0.3, 0.4) is 0 Å². The maximum absolute atomic E-state index is 12.9. The van der Waals surface area contributed by atoms with Crippen LogP contribution in [0.25, 0.3) is 0 Å². The number of nitrogens with zero attached hydrogens (tertiary/aromatic N) is 2. The van der Waals surface area contributed by atoms with Crippen molar-refractivity contribution in [2.45, 2.75) is 57.7 Å². The van der Waals surface area contributed by atoms with E-state index in [1.807, 2.05) is 18.9 Å². The molecule has 2 fully saturated rings. The highest BCUT2D eigenvalue weighted by Crippen LogP contribution is 2.50. The number of piperidine rings is 1. The van der Waals surface area contributed by atoms with Crippen LogP contribution >= 0.6 is 0 Å². The molecule has 1 heterocycles. The number of likely N-dealkylation sites (tertiary alicyclic amines) is 1. The van der Waals surface area contributed by atoms with Gasteiger partial charge in [0.2, 0.25) is 5.91 Å². The number of likely N-dealkylation sites (N-methyl/N-ethyl adjacent to an activating group) is 1. The van der Waals surface area contributed by atoms with E-state index in [0.29, 0.717) is 19.1 Å². The molecule has 1 saturated heterocycles. The molecule has 5 nitrogen and oxygen atoms in total. The Hall–Kier alpha value is -0.650. The molecule has 2 unspecified atom stereocenters. The van der Waals surface area contributed by atoms with Crippen LogP contribution in [0.1, 0.15) is 40.0 Å².